The fraction of sp³-hybridized carbons (Fsp3) is 0.826. The Morgan fingerprint density at radius 3 is 2.51 bits per heavy atom. The third-order valence-electron chi connectivity index (χ3n) is 7.58. The van der Waals surface area contributed by atoms with E-state index in [1.165, 1.54) is 30.5 Å². The molecule has 0 aliphatic carbocycles. The van der Waals surface area contributed by atoms with Crippen molar-refractivity contribution in [1.29, 1.82) is 0 Å². The molecule has 0 aromatic heterocycles. The number of hydrogen-bond donors (Lipinski definition) is 13. The highest BCUT2D eigenvalue weighted by Gasteiger charge is 2.53. The first-order chi connectivity index (χ1) is 23.7. The van der Waals surface area contributed by atoms with Crippen LogP contribution < -0.4 is 32.3 Å². The fourth-order valence-corrected chi connectivity index (χ4v) is 8.36. The van der Waals surface area contributed by atoms with Crippen LogP contribution in [0.5, 0.6) is 0 Å². The van der Waals surface area contributed by atoms with Gasteiger partial charge in [0.05, 0.1) is 32.2 Å². The van der Waals surface area contributed by atoms with Gasteiger partial charge in [0.1, 0.15) is 55.1 Å². The van der Waals surface area contributed by atoms with E-state index in [0.717, 1.165) is 6.29 Å². The number of rotatable bonds is 22. The number of ether oxygens (including phenoxy) is 1. The Kier molecular flexibility index (Phi) is 16.3. The highest BCUT2D eigenvalue weighted by atomic mass is 32.2. The van der Waals surface area contributed by atoms with E-state index in [0.29, 0.717) is 29.6 Å². The number of nitrogens with two attached hydrogens (primary N) is 1. The molecule has 9 atom stereocenters. The molecule has 14 N–H and O–H groups in total. The highest BCUT2D eigenvalue weighted by molar-refractivity contribution is 7.99. The zero-order valence-electron chi connectivity index (χ0n) is 27.5. The first kappa shape index (κ1) is 44.1. The van der Waals surface area contributed by atoms with Crippen molar-refractivity contribution in [3.05, 3.63) is 11.5 Å². The number of carbonyl (C=O) groups excluding carboxylic acids is 2. The van der Waals surface area contributed by atoms with Crippen LogP contribution in [0.1, 0.15) is 20.3 Å². The van der Waals surface area contributed by atoms with E-state index in [9.17, 15) is 58.2 Å². The van der Waals surface area contributed by atoms with Crippen molar-refractivity contribution in [2.75, 3.05) is 51.1 Å². The summed E-state index contributed by atoms with van der Waals surface area (Å²) in [5.74, 6) is 0.778. The second-order valence-electron chi connectivity index (χ2n) is 12.0. The molecule has 0 aromatic rings. The molecule has 2 fully saturated rings. The topological polar surface area (TPSA) is 363 Å². The van der Waals surface area contributed by atoms with Gasteiger partial charge in [-0.25, -0.2) is 18.6 Å². The molecule has 0 saturated carbocycles. The van der Waals surface area contributed by atoms with Gasteiger partial charge >= 0.3 is 23.5 Å². The summed E-state index contributed by atoms with van der Waals surface area (Å²) < 4.78 is 61.2. The summed E-state index contributed by atoms with van der Waals surface area (Å²) in [7, 11) is -16.2. The molecule has 3 heterocycles. The SMILES string of the molecule is CC(C)(COP(=O)(O)OP(=O)(O)OC[C@H]1O[C@@H](N2CNC3=C(N)NCNC32)[C@@H](O)[C@@H]1OP(=O)(O)O)[C@@H](O)[C@H](O)NCCC(=O)NCCSCC=O. The van der Waals surface area contributed by atoms with E-state index < -0.39 is 85.1 Å². The minimum atomic E-state index is -5.50. The molecule has 3 aliphatic heterocycles. The number of hydrogen-bond acceptors (Lipinski definition) is 20. The number of phosphoric acid groups is 3. The molecule has 296 valence electrons. The van der Waals surface area contributed by atoms with Gasteiger partial charge in [-0.05, 0) is 0 Å². The lowest BCUT2D eigenvalue weighted by Crippen LogP contribution is -2.56. The first-order valence-corrected chi connectivity index (χ1v) is 20.9. The Labute approximate surface area is 296 Å². The molecule has 0 radical (unpaired) electrons. The van der Waals surface area contributed by atoms with E-state index >= 15 is 0 Å². The number of nitrogens with zero attached hydrogens (tertiary/aromatic N) is 1. The molecule has 28 heteroatoms. The minimum Gasteiger partial charge on any atom is -0.388 e. The maximum atomic E-state index is 12.7. The van der Waals surface area contributed by atoms with E-state index in [-0.39, 0.29) is 32.2 Å². The lowest BCUT2D eigenvalue weighted by molar-refractivity contribution is -0.121. The van der Waals surface area contributed by atoms with Crippen molar-refractivity contribution in [2.45, 2.75) is 63.3 Å². The maximum absolute atomic E-state index is 12.7. The van der Waals surface area contributed by atoms with Crippen molar-refractivity contribution in [1.82, 2.24) is 31.5 Å². The summed E-state index contributed by atoms with van der Waals surface area (Å²) in [4.78, 5) is 62.9. The summed E-state index contributed by atoms with van der Waals surface area (Å²) in [6.45, 7) is 1.32. The van der Waals surface area contributed by atoms with Crippen molar-refractivity contribution >= 4 is 47.4 Å². The number of amides is 1. The third-order valence-corrected chi connectivity index (χ3v) is 11.5. The number of aliphatic hydroxyl groups is 3. The number of thioether (sulfide) groups is 1. The third kappa shape index (κ3) is 13.5. The number of aldehydes is 1. The van der Waals surface area contributed by atoms with Crippen LogP contribution in [0.3, 0.4) is 0 Å². The number of carbonyl (C=O) groups is 2. The largest absolute Gasteiger partial charge is 0.481 e. The molecule has 3 rings (SSSR count). The lowest BCUT2D eigenvalue weighted by Gasteiger charge is -2.34. The molecule has 0 bridgehead atoms. The van der Waals surface area contributed by atoms with Crippen molar-refractivity contribution in [3.63, 3.8) is 0 Å². The fourth-order valence-electron chi connectivity index (χ4n) is 5.02. The van der Waals surface area contributed by atoms with Gasteiger partial charge in [0.15, 0.2) is 0 Å². The maximum Gasteiger partial charge on any atom is 0.481 e. The van der Waals surface area contributed by atoms with Gasteiger partial charge in [0, 0.05) is 36.4 Å². The number of fused-ring (bicyclic) bond motifs is 1. The smallest absolute Gasteiger partial charge is 0.388 e. The average molecular weight is 818 g/mol. The minimum absolute atomic E-state index is 0.0413. The highest BCUT2D eigenvalue weighted by Crippen LogP contribution is 2.61. The van der Waals surface area contributed by atoms with Crippen molar-refractivity contribution in [2.24, 2.45) is 11.1 Å². The molecular formula is C23H46N7O17P3S. The zero-order valence-corrected chi connectivity index (χ0v) is 31.0. The molecule has 0 spiro atoms. The van der Waals surface area contributed by atoms with Crippen LogP contribution in [0.15, 0.2) is 11.5 Å². The van der Waals surface area contributed by atoms with Crippen molar-refractivity contribution in [3.8, 4) is 0 Å². The van der Waals surface area contributed by atoms with E-state index in [4.69, 9.17) is 24.0 Å². The quantitative estimate of drug-likeness (QED) is 0.0214. The second kappa shape index (κ2) is 18.8. The normalized spacial score (nSPS) is 27.8. The molecule has 3 unspecified atom stereocenters. The number of nitrogens with one attached hydrogen (secondary N) is 5. The standard InChI is InChI=1S/C23H46N7O17P3S/c1-23(2,18(34)21(35)26-4-3-14(32)25-5-7-51-8-6-31)10-44-50(41,42)47-49(39,40)43-9-13-17(46-48(36,37)38)16(33)22(45-13)30-12-29-15-19(24)27-11-28-20(15)30/h6,13,16-18,20-22,26-29,33-35H,3-5,7-12,24H2,1-2H3,(H,25,32)(H,39,40)(H,41,42)(H2,36,37,38)/t13-,16+,17-,18+,20?,21+,22-/m1/s1. The van der Waals surface area contributed by atoms with Crippen LogP contribution in [-0.2, 0) is 45.9 Å². The summed E-state index contributed by atoms with van der Waals surface area (Å²) in [5.41, 5.74) is 4.94. The summed E-state index contributed by atoms with van der Waals surface area (Å²) in [5, 5.41) is 45.9. The van der Waals surface area contributed by atoms with E-state index in [1.807, 2.05) is 0 Å². The monoisotopic (exact) mass is 817 g/mol. The Hall–Kier alpha value is -1.28. The van der Waals surface area contributed by atoms with Crippen LogP contribution in [0, 0.1) is 5.41 Å². The van der Waals surface area contributed by atoms with Crippen LogP contribution in [0.25, 0.3) is 0 Å². The van der Waals surface area contributed by atoms with E-state index in [2.05, 4.69) is 30.9 Å². The summed E-state index contributed by atoms with van der Waals surface area (Å²) >= 11 is 1.34. The Morgan fingerprint density at radius 1 is 1.16 bits per heavy atom. The van der Waals surface area contributed by atoms with Gasteiger partial charge < -0.3 is 66.1 Å². The molecule has 0 aromatic carbocycles. The lowest BCUT2D eigenvalue weighted by atomic mass is 9.86. The zero-order chi connectivity index (χ0) is 38.2. The van der Waals surface area contributed by atoms with Crippen LogP contribution in [-0.4, -0.2) is 146 Å². The molecule has 2 saturated heterocycles. The van der Waals surface area contributed by atoms with Gasteiger partial charge in [-0.3, -0.25) is 29.0 Å². The predicted molar refractivity (Wildman–Crippen MR) is 175 cm³/mol. The molecular weight excluding hydrogens is 771 g/mol. The van der Waals surface area contributed by atoms with Gasteiger partial charge in [0.2, 0.25) is 5.91 Å². The van der Waals surface area contributed by atoms with Crippen LogP contribution >= 0.6 is 35.2 Å². The average Bonchev–Trinajstić information content (AvgIpc) is 3.58. The molecule has 1 amide bonds. The van der Waals surface area contributed by atoms with Crippen molar-refractivity contribution < 1.29 is 80.8 Å². The molecule has 3 aliphatic rings. The van der Waals surface area contributed by atoms with Crippen LogP contribution in [0.4, 0.5) is 0 Å². The molecule has 24 nitrogen and oxygen atoms in total. The van der Waals surface area contributed by atoms with Gasteiger partial charge in [-0.2, -0.15) is 16.1 Å². The number of aliphatic hydroxyl groups excluding tert-OH is 3. The Balaban J connectivity index is 1.52. The van der Waals surface area contributed by atoms with Gasteiger partial charge in [-0.1, -0.05) is 13.8 Å². The predicted octanol–water partition coefficient (Wildman–Crippen LogP) is -4.00. The van der Waals surface area contributed by atoms with Crippen LogP contribution in [0.2, 0.25) is 0 Å². The summed E-state index contributed by atoms with van der Waals surface area (Å²) in [6.07, 6.45) is -9.78. The Morgan fingerprint density at radius 2 is 1.84 bits per heavy atom. The second-order valence-corrected chi connectivity index (χ2v) is 17.4. The van der Waals surface area contributed by atoms with E-state index in [1.54, 1.807) is 0 Å². The molecule has 51 heavy (non-hydrogen) atoms. The number of phosphoric ester groups is 3. The Bertz CT molecular complexity index is 1380. The van der Waals surface area contributed by atoms with Gasteiger partial charge in [-0.15, -0.1) is 0 Å². The first-order valence-electron chi connectivity index (χ1n) is 15.2. The summed E-state index contributed by atoms with van der Waals surface area (Å²) in [6, 6.07) is 0. The van der Waals surface area contributed by atoms with Gasteiger partial charge in [0.25, 0.3) is 0 Å².